The maximum Gasteiger partial charge on any atom is 0.242 e. The first-order valence-electron chi connectivity index (χ1n) is 10.3. The summed E-state index contributed by atoms with van der Waals surface area (Å²) in [6.07, 6.45) is 5.98. The Kier molecular flexibility index (Phi) is 5.58. The average molecular weight is 401 g/mol. The highest BCUT2D eigenvalue weighted by molar-refractivity contribution is 7.91. The van der Waals surface area contributed by atoms with Crippen LogP contribution in [0.1, 0.15) is 38.5 Å². The molecule has 150 valence electrons. The number of nitrogens with one attached hydrogen (secondary N) is 1. The molecule has 4 rings (SSSR count). The van der Waals surface area contributed by atoms with Gasteiger partial charge in [-0.05, 0) is 42.2 Å². The molecule has 5 nitrogen and oxygen atoms in total. The van der Waals surface area contributed by atoms with Crippen molar-refractivity contribution in [1.82, 2.24) is 4.90 Å². The minimum Gasteiger partial charge on any atom is -0.376 e. The molecule has 0 bridgehead atoms. The number of carbonyl (C=O) groups excluding carboxylic acids is 1. The van der Waals surface area contributed by atoms with Crippen LogP contribution in [0.25, 0.3) is 10.8 Å². The van der Waals surface area contributed by atoms with Gasteiger partial charge in [0.2, 0.25) is 5.91 Å². The van der Waals surface area contributed by atoms with Gasteiger partial charge in [0.05, 0.1) is 18.1 Å². The molecule has 1 saturated heterocycles. The van der Waals surface area contributed by atoms with E-state index >= 15 is 0 Å². The number of anilines is 1. The molecule has 1 aliphatic heterocycles. The van der Waals surface area contributed by atoms with Crippen LogP contribution in [0.5, 0.6) is 0 Å². The fourth-order valence-electron chi connectivity index (χ4n) is 4.63. The molecule has 0 spiro atoms. The topological polar surface area (TPSA) is 66.5 Å². The van der Waals surface area contributed by atoms with E-state index in [1.807, 2.05) is 35.2 Å². The van der Waals surface area contributed by atoms with Crippen LogP contribution in [0.15, 0.2) is 42.5 Å². The Morgan fingerprint density at radius 3 is 2.43 bits per heavy atom. The monoisotopic (exact) mass is 400 g/mol. The summed E-state index contributed by atoms with van der Waals surface area (Å²) in [5.74, 6) is 0.333. The molecule has 6 heteroatoms. The zero-order chi connectivity index (χ0) is 19.6. The molecule has 2 aromatic carbocycles. The van der Waals surface area contributed by atoms with Gasteiger partial charge in [-0.1, -0.05) is 49.6 Å². The highest BCUT2D eigenvalue weighted by Gasteiger charge is 2.38. The van der Waals surface area contributed by atoms with Gasteiger partial charge in [-0.2, -0.15) is 0 Å². The van der Waals surface area contributed by atoms with Gasteiger partial charge in [0, 0.05) is 17.8 Å². The third-order valence-corrected chi connectivity index (χ3v) is 7.80. The number of rotatable bonds is 5. The van der Waals surface area contributed by atoms with Crippen LogP contribution in [0.4, 0.5) is 5.69 Å². The molecule has 1 saturated carbocycles. The summed E-state index contributed by atoms with van der Waals surface area (Å²) in [5, 5.41) is 5.56. The van der Waals surface area contributed by atoms with E-state index in [1.54, 1.807) is 0 Å². The van der Waals surface area contributed by atoms with Crippen LogP contribution in [-0.4, -0.2) is 49.4 Å². The van der Waals surface area contributed by atoms with Crippen LogP contribution in [-0.2, 0) is 14.6 Å². The highest BCUT2D eigenvalue weighted by Crippen LogP contribution is 2.28. The number of hydrogen-bond acceptors (Lipinski definition) is 4. The lowest BCUT2D eigenvalue weighted by Gasteiger charge is -2.38. The van der Waals surface area contributed by atoms with Crippen molar-refractivity contribution in [2.24, 2.45) is 0 Å². The Balaban J connectivity index is 1.48. The highest BCUT2D eigenvalue weighted by atomic mass is 32.2. The third-order valence-electron chi connectivity index (χ3n) is 6.05. The molecule has 2 aromatic rings. The van der Waals surface area contributed by atoms with Crippen molar-refractivity contribution in [3.05, 3.63) is 42.5 Å². The minimum atomic E-state index is -3.02. The minimum absolute atomic E-state index is 0.0159. The Labute approximate surface area is 167 Å². The van der Waals surface area contributed by atoms with Crippen LogP contribution in [0.3, 0.4) is 0 Å². The van der Waals surface area contributed by atoms with E-state index in [4.69, 9.17) is 0 Å². The number of nitrogens with zero attached hydrogens (tertiary/aromatic N) is 1. The van der Waals surface area contributed by atoms with E-state index < -0.39 is 9.84 Å². The first-order valence-corrected chi connectivity index (χ1v) is 12.1. The van der Waals surface area contributed by atoms with E-state index in [0.717, 1.165) is 36.8 Å². The normalized spacial score (nSPS) is 22.2. The lowest BCUT2D eigenvalue weighted by atomic mass is 9.93. The summed E-state index contributed by atoms with van der Waals surface area (Å²) in [7, 11) is -3.02. The zero-order valence-electron chi connectivity index (χ0n) is 16.1. The Hall–Kier alpha value is -2.08. The largest absolute Gasteiger partial charge is 0.376 e. The van der Waals surface area contributed by atoms with Gasteiger partial charge < -0.3 is 10.2 Å². The van der Waals surface area contributed by atoms with Crippen LogP contribution in [0, 0.1) is 0 Å². The van der Waals surface area contributed by atoms with E-state index in [1.165, 1.54) is 11.8 Å². The van der Waals surface area contributed by atoms with Gasteiger partial charge in [0.1, 0.15) is 0 Å². The van der Waals surface area contributed by atoms with Crippen molar-refractivity contribution in [3.63, 3.8) is 0 Å². The third kappa shape index (κ3) is 4.32. The SMILES string of the molecule is O=C(CNc1ccc2ccccc2c1)N(C1CCCCC1)[C@@H]1CCS(=O)(=O)C1. The summed E-state index contributed by atoms with van der Waals surface area (Å²) >= 11 is 0. The second-order valence-corrected chi connectivity index (χ2v) is 10.3. The van der Waals surface area contributed by atoms with Crippen molar-refractivity contribution >= 4 is 32.2 Å². The predicted molar refractivity (Wildman–Crippen MR) is 113 cm³/mol. The van der Waals surface area contributed by atoms with Gasteiger partial charge in [-0.3, -0.25) is 4.79 Å². The van der Waals surface area contributed by atoms with Crippen molar-refractivity contribution in [2.75, 3.05) is 23.4 Å². The van der Waals surface area contributed by atoms with Gasteiger partial charge in [-0.25, -0.2) is 8.42 Å². The van der Waals surface area contributed by atoms with Gasteiger partial charge in [-0.15, -0.1) is 0 Å². The van der Waals surface area contributed by atoms with Crippen LogP contribution >= 0.6 is 0 Å². The van der Waals surface area contributed by atoms with E-state index in [0.29, 0.717) is 6.42 Å². The van der Waals surface area contributed by atoms with Crippen molar-refractivity contribution in [3.8, 4) is 0 Å². The standard InChI is InChI=1S/C22H28N2O3S/c25-22(15-23-19-11-10-17-6-4-5-7-18(17)14-19)24(20-8-2-1-3-9-20)21-12-13-28(26,27)16-21/h4-7,10-11,14,20-21,23H,1-3,8-9,12-13,15-16H2/t21-/m1/s1. The maximum atomic E-state index is 13.1. The van der Waals surface area contributed by atoms with E-state index in [-0.39, 0.29) is 36.0 Å². The van der Waals surface area contributed by atoms with Gasteiger partial charge >= 0.3 is 0 Å². The van der Waals surface area contributed by atoms with E-state index in [2.05, 4.69) is 17.4 Å². The van der Waals surface area contributed by atoms with E-state index in [9.17, 15) is 13.2 Å². The molecular weight excluding hydrogens is 372 g/mol. The molecule has 1 amide bonds. The van der Waals surface area contributed by atoms with Crippen molar-refractivity contribution < 1.29 is 13.2 Å². The molecule has 2 fully saturated rings. The second-order valence-electron chi connectivity index (χ2n) is 8.07. The summed E-state index contributed by atoms with van der Waals surface area (Å²) in [5.41, 5.74) is 0.912. The van der Waals surface area contributed by atoms with Crippen LogP contribution < -0.4 is 5.32 Å². The first kappa shape index (κ1) is 19.2. The lowest BCUT2D eigenvalue weighted by molar-refractivity contribution is -0.134. The molecule has 0 radical (unpaired) electrons. The molecular formula is C22H28N2O3S. The summed E-state index contributed by atoms with van der Waals surface area (Å²) < 4.78 is 24.0. The molecule has 1 atom stereocenters. The summed E-state index contributed by atoms with van der Waals surface area (Å²) in [6, 6.07) is 14.2. The number of sulfone groups is 1. The van der Waals surface area contributed by atoms with Gasteiger partial charge in [0.15, 0.2) is 9.84 Å². The van der Waals surface area contributed by atoms with Crippen molar-refractivity contribution in [2.45, 2.75) is 50.6 Å². The quantitative estimate of drug-likeness (QED) is 0.833. The molecule has 1 aliphatic carbocycles. The summed E-state index contributed by atoms with van der Waals surface area (Å²) in [6.45, 7) is 0.200. The van der Waals surface area contributed by atoms with Gasteiger partial charge in [0.25, 0.3) is 0 Å². The number of hydrogen-bond donors (Lipinski definition) is 1. The Morgan fingerprint density at radius 1 is 0.964 bits per heavy atom. The van der Waals surface area contributed by atoms with Crippen LogP contribution in [0.2, 0.25) is 0 Å². The average Bonchev–Trinajstić information content (AvgIpc) is 3.06. The molecule has 0 aromatic heterocycles. The molecule has 0 unspecified atom stereocenters. The second kappa shape index (κ2) is 8.11. The molecule has 1 N–H and O–H groups in total. The number of benzene rings is 2. The fraction of sp³-hybridized carbons (Fsp3) is 0.500. The first-order chi connectivity index (χ1) is 13.5. The Bertz CT molecular complexity index is 951. The fourth-order valence-corrected chi connectivity index (χ4v) is 6.34. The maximum absolute atomic E-state index is 13.1. The molecule has 28 heavy (non-hydrogen) atoms. The number of amides is 1. The van der Waals surface area contributed by atoms with Crippen molar-refractivity contribution in [1.29, 1.82) is 0 Å². The Morgan fingerprint density at radius 2 is 1.71 bits per heavy atom. The lowest BCUT2D eigenvalue weighted by Crippen LogP contribution is -2.50. The predicted octanol–water partition coefficient (Wildman–Crippen LogP) is 3.60. The number of fused-ring (bicyclic) bond motifs is 1. The zero-order valence-corrected chi connectivity index (χ0v) is 17.0. The molecule has 2 aliphatic rings. The summed E-state index contributed by atoms with van der Waals surface area (Å²) in [4.78, 5) is 15.1. The molecule has 1 heterocycles. The smallest absolute Gasteiger partial charge is 0.242 e. The number of carbonyl (C=O) groups is 1.